The number of rotatable bonds is 4. The quantitative estimate of drug-likeness (QED) is 0.727. The molecule has 1 N–H and O–H groups in total. The molecule has 28 heavy (non-hydrogen) atoms. The molecule has 1 aliphatic carbocycles. The van der Waals surface area contributed by atoms with Gasteiger partial charge in [0.15, 0.2) is 0 Å². The molecule has 1 aliphatic rings. The van der Waals surface area contributed by atoms with E-state index in [1.54, 1.807) is 17.9 Å². The molecule has 2 heterocycles. The van der Waals surface area contributed by atoms with Crippen molar-refractivity contribution < 1.29 is 22.5 Å². The van der Waals surface area contributed by atoms with Crippen LogP contribution in [0.25, 0.3) is 23.0 Å². The van der Waals surface area contributed by atoms with Gasteiger partial charge in [-0.3, -0.25) is 9.48 Å². The summed E-state index contributed by atoms with van der Waals surface area (Å²) in [5, 5.41) is 10.2. The number of halogens is 3. The van der Waals surface area contributed by atoms with Crippen LogP contribution >= 0.6 is 0 Å². The second-order valence-corrected chi connectivity index (χ2v) is 6.71. The summed E-state index contributed by atoms with van der Waals surface area (Å²) in [5.74, 6) is 0.0333. The number of benzene rings is 1. The third-order valence-corrected chi connectivity index (χ3v) is 4.51. The molecular weight excluding hydrogens is 375 g/mol. The number of alkyl halides is 3. The summed E-state index contributed by atoms with van der Waals surface area (Å²) in [7, 11) is 1.75. The Morgan fingerprint density at radius 1 is 1.32 bits per heavy atom. The molecule has 0 bridgehead atoms. The van der Waals surface area contributed by atoms with Crippen LogP contribution in [0.1, 0.15) is 36.8 Å². The van der Waals surface area contributed by atoms with Crippen molar-refractivity contribution in [1.82, 2.24) is 19.9 Å². The Bertz CT molecular complexity index is 1050. The van der Waals surface area contributed by atoms with Gasteiger partial charge in [-0.15, -0.1) is 0 Å². The standard InChI is InChI=1S/C18H16F3N5O2/c1-9(27)23-14-6-5-11(7-13(14)18(19,20)21)16-24-17(28-25-16)15-12(10-3-4-10)8-22-26(15)2/h5-8,10H,3-4H2,1-2H3,(H,23,27). The Hall–Kier alpha value is -3.17. The van der Waals surface area contributed by atoms with Gasteiger partial charge in [0.25, 0.3) is 5.89 Å². The van der Waals surface area contributed by atoms with Crippen molar-refractivity contribution >= 4 is 11.6 Å². The van der Waals surface area contributed by atoms with Gasteiger partial charge in [0, 0.05) is 25.1 Å². The summed E-state index contributed by atoms with van der Waals surface area (Å²) in [5.41, 5.74) is 0.495. The van der Waals surface area contributed by atoms with Gasteiger partial charge in [-0.2, -0.15) is 23.3 Å². The average molecular weight is 391 g/mol. The lowest BCUT2D eigenvalue weighted by molar-refractivity contribution is -0.136. The molecule has 0 aliphatic heterocycles. The number of nitrogens with one attached hydrogen (secondary N) is 1. The smallest absolute Gasteiger partial charge is 0.332 e. The summed E-state index contributed by atoms with van der Waals surface area (Å²) in [6.45, 7) is 1.14. The molecule has 3 aromatic rings. The SMILES string of the molecule is CC(=O)Nc1ccc(-c2noc(-c3c(C4CC4)cnn3C)n2)cc1C(F)(F)F. The predicted octanol–water partition coefficient (Wildman–Crippen LogP) is 3.99. The Morgan fingerprint density at radius 3 is 2.71 bits per heavy atom. The number of hydrogen-bond acceptors (Lipinski definition) is 5. The Labute approximate surface area is 157 Å². The number of carbonyl (C=O) groups is 1. The van der Waals surface area contributed by atoms with Gasteiger partial charge < -0.3 is 9.84 Å². The molecule has 2 aromatic heterocycles. The highest BCUT2D eigenvalue weighted by atomic mass is 19.4. The van der Waals surface area contributed by atoms with E-state index in [1.165, 1.54) is 12.1 Å². The maximum Gasteiger partial charge on any atom is 0.418 e. The van der Waals surface area contributed by atoms with E-state index < -0.39 is 17.6 Å². The largest absolute Gasteiger partial charge is 0.418 e. The second kappa shape index (κ2) is 6.47. The van der Waals surface area contributed by atoms with Crippen molar-refractivity contribution in [2.75, 3.05) is 5.32 Å². The maximum atomic E-state index is 13.4. The molecule has 1 aromatic carbocycles. The fourth-order valence-corrected chi connectivity index (χ4v) is 3.06. The summed E-state index contributed by atoms with van der Waals surface area (Å²) in [6.07, 6.45) is -0.791. The van der Waals surface area contributed by atoms with E-state index in [2.05, 4.69) is 20.6 Å². The first-order valence-electron chi connectivity index (χ1n) is 8.59. The first-order chi connectivity index (χ1) is 13.2. The Morgan fingerprint density at radius 2 is 2.07 bits per heavy atom. The lowest BCUT2D eigenvalue weighted by atomic mass is 10.1. The van der Waals surface area contributed by atoms with Crippen LogP contribution in [0.15, 0.2) is 28.9 Å². The van der Waals surface area contributed by atoms with Crippen molar-refractivity contribution in [1.29, 1.82) is 0 Å². The molecule has 0 spiro atoms. The molecule has 0 atom stereocenters. The van der Waals surface area contributed by atoms with Crippen LogP contribution in [0.3, 0.4) is 0 Å². The van der Waals surface area contributed by atoms with Crippen LogP contribution in [0, 0.1) is 0 Å². The van der Waals surface area contributed by atoms with E-state index in [9.17, 15) is 18.0 Å². The van der Waals surface area contributed by atoms with E-state index in [0.29, 0.717) is 11.6 Å². The number of hydrogen-bond donors (Lipinski definition) is 1. The fraction of sp³-hybridized carbons (Fsp3) is 0.333. The lowest BCUT2D eigenvalue weighted by Crippen LogP contribution is -2.14. The van der Waals surface area contributed by atoms with Crippen molar-refractivity contribution in [2.45, 2.75) is 31.9 Å². The normalized spacial score (nSPS) is 14.3. The van der Waals surface area contributed by atoms with E-state index in [0.717, 1.165) is 31.4 Å². The molecular formula is C18H16F3N5O2. The minimum absolute atomic E-state index is 0.0258. The molecule has 4 rings (SSSR count). The minimum atomic E-state index is -4.65. The molecule has 10 heteroatoms. The van der Waals surface area contributed by atoms with E-state index in [1.807, 2.05) is 0 Å². The number of anilines is 1. The molecule has 146 valence electrons. The van der Waals surface area contributed by atoms with Crippen LogP contribution in [0.4, 0.5) is 18.9 Å². The van der Waals surface area contributed by atoms with Crippen LogP contribution in [-0.4, -0.2) is 25.8 Å². The zero-order chi connectivity index (χ0) is 20.1. The maximum absolute atomic E-state index is 13.4. The number of aryl methyl sites for hydroxylation is 1. The monoisotopic (exact) mass is 391 g/mol. The van der Waals surface area contributed by atoms with Crippen molar-refractivity contribution in [3.05, 3.63) is 35.5 Å². The summed E-state index contributed by atoms with van der Waals surface area (Å²) in [6, 6.07) is 3.47. The highest BCUT2D eigenvalue weighted by Gasteiger charge is 2.35. The number of carbonyl (C=O) groups excluding carboxylic acids is 1. The first kappa shape index (κ1) is 18.2. The van der Waals surface area contributed by atoms with Crippen molar-refractivity contribution in [3.63, 3.8) is 0 Å². The van der Waals surface area contributed by atoms with Gasteiger partial charge in [-0.1, -0.05) is 5.16 Å². The summed E-state index contributed by atoms with van der Waals surface area (Å²) in [4.78, 5) is 15.5. The molecule has 1 fully saturated rings. The summed E-state index contributed by atoms with van der Waals surface area (Å²) < 4.78 is 47.1. The Kier molecular flexibility index (Phi) is 4.20. The highest BCUT2D eigenvalue weighted by Crippen LogP contribution is 2.44. The van der Waals surface area contributed by atoms with Crippen LogP contribution in [-0.2, 0) is 18.0 Å². The molecule has 1 saturated carbocycles. The first-order valence-corrected chi connectivity index (χ1v) is 8.59. The molecule has 0 saturated heterocycles. The van der Waals surface area contributed by atoms with Crippen LogP contribution < -0.4 is 5.32 Å². The fourth-order valence-electron chi connectivity index (χ4n) is 3.06. The molecule has 0 radical (unpaired) electrons. The Balaban J connectivity index is 1.73. The van der Waals surface area contributed by atoms with Gasteiger partial charge in [-0.05, 0) is 37.0 Å². The highest BCUT2D eigenvalue weighted by molar-refractivity contribution is 5.90. The average Bonchev–Trinajstić information content (AvgIpc) is 3.21. The zero-order valence-corrected chi connectivity index (χ0v) is 15.0. The van der Waals surface area contributed by atoms with E-state index in [-0.39, 0.29) is 23.0 Å². The van der Waals surface area contributed by atoms with Gasteiger partial charge in [0.1, 0.15) is 5.69 Å². The number of amides is 1. The van der Waals surface area contributed by atoms with Crippen LogP contribution in [0.2, 0.25) is 0 Å². The predicted molar refractivity (Wildman–Crippen MR) is 93.2 cm³/mol. The van der Waals surface area contributed by atoms with Gasteiger partial charge in [-0.25, -0.2) is 0 Å². The minimum Gasteiger partial charge on any atom is -0.332 e. The zero-order valence-electron chi connectivity index (χ0n) is 15.0. The summed E-state index contributed by atoms with van der Waals surface area (Å²) >= 11 is 0. The topological polar surface area (TPSA) is 85.8 Å². The number of aromatic nitrogens is 4. The molecule has 7 nitrogen and oxygen atoms in total. The number of nitrogens with zero attached hydrogens (tertiary/aromatic N) is 4. The van der Waals surface area contributed by atoms with E-state index in [4.69, 9.17) is 4.52 Å². The molecule has 1 amide bonds. The van der Waals surface area contributed by atoms with Gasteiger partial charge >= 0.3 is 6.18 Å². The van der Waals surface area contributed by atoms with Crippen molar-refractivity contribution in [3.8, 4) is 23.0 Å². The third kappa shape index (κ3) is 3.37. The lowest BCUT2D eigenvalue weighted by Gasteiger charge is -2.13. The van der Waals surface area contributed by atoms with E-state index >= 15 is 0 Å². The van der Waals surface area contributed by atoms with Crippen molar-refractivity contribution in [2.24, 2.45) is 7.05 Å². The van der Waals surface area contributed by atoms with Gasteiger partial charge in [0.2, 0.25) is 11.7 Å². The second-order valence-electron chi connectivity index (χ2n) is 6.71. The van der Waals surface area contributed by atoms with Crippen LogP contribution in [0.5, 0.6) is 0 Å². The van der Waals surface area contributed by atoms with Gasteiger partial charge in [0.05, 0.1) is 17.4 Å². The third-order valence-electron chi connectivity index (χ3n) is 4.51. The molecule has 0 unspecified atom stereocenters.